The van der Waals surface area contributed by atoms with Gasteiger partial charge in [0, 0.05) is 46.4 Å². The Kier molecular flexibility index (Phi) is 7.88. The van der Waals surface area contributed by atoms with Crippen LogP contribution in [0.15, 0.2) is 83.0 Å². The Labute approximate surface area is 234 Å². The number of hydrogen-bond donors (Lipinski definition) is 1. The highest BCUT2D eigenvalue weighted by molar-refractivity contribution is 8.04. The van der Waals surface area contributed by atoms with Crippen molar-refractivity contribution in [1.82, 2.24) is 19.3 Å². The van der Waals surface area contributed by atoms with Gasteiger partial charge in [0.15, 0.2) is 11.0 Å². The van der Waals surface area contributed by atoms with Gasteiger partial charge in [0.2, 0.25) is 0 Å². The number of rotatable bonds is 10. The summed E-state index contributed by atoms with van der Waals surface area (Å²) in [6.07, 6.45) is 3.47. The zero-order valence-corrected chi connectivity index (χ0v) is 23.0. The Morgan fingerprint density at radius 3 is 2.40 bits per heavy atom. The van der Waals surface area contributed by atoms with Gasteiger partial charge in [-0.25, -0.2) is 9.18 Å². The highest BCUT2D eigenvalue weighted by Crippen LogP contribution is 2.34. The lowest BCUT2D eigenvalue weighted by Crippen LogP contribution is -2.03. The number of aromatic nitrogens is 4. The number of hydrogen-bond acceptors (Lipinski definition) is 6. The third-order valence-corrected chi connectivity index (χ3v) is 7.46. The van der Waals surface area contributed by atoms with Crippen LogP contribution in [0.2, 0.25) is 0 Å². The quantitative estimate of drug-likeness (QED) is 0.158. The predicted molar refractivity (Wildman–Crippen MR) is 153 cm³/mol. The van der Waals surface area contributed by atoms with Crippen molar-refractivity contribution in [3.8, 4) is 22.9 Å². The minimum atomic E-state index is -1.09. The maximum absolute atomic E-state index is 14.4. The molecule has 5 rings (SSSR count). The molecule has 0 aliphatic rings. The third kappa shape index (κ3) is 5.43. The lowest BCUT2D eigenvalue weighted by Gasteiger charge is -2.10. The number of thioether (sulfide) groups is 1. The molecule has 0 unspecified atom stereocenters. The summed E-state index contributed by atoms with van der Waals surface area (Å²) >= 11 is 1.02. The first-order valence-corrected chi connectivity index (χ1v) is 13.3. The molecule has 2 heterocycles. The minimum absolute atomic E-state index is 0.0747. The van der Waals surface area contributed by atoms with Crippen LogP contribution in [0.3, 0.4) is 0 Å². The maximum atomic E-state index is 14.4. The van der Waals surface area contributed by atoms with E-state index >= 15 is 0 Å². The number of nitrogens with zero attached hydrogens (tertiary/aromatic N) is 4. The van der Waals surface area contributed by atoms with Crippen molar-refractivity contribution < 1.29 is 23.8 Å². The zero-order chi connectivity index (χ0) is 28.2. The number of carboxylic acids is 1. The highest BCUT2D eigenvalue weighted by Gasteiger charge is 2.20. The molecule has 2 aromatic heterocycles. The number of para-hydroxylation sites is 1. The Bertz CT molecular complexity index is 1700. The van der Waals surface area contributed by atoms with Gasteiger partial charge in [-0.3, -0.25) is 0 Å². The predicted octanol–water partition coefficient (Wildman–Crippen LogP) is 6.34. The molecule has 0 aliphatic carbocycles. The molecule has 0 saturated heterocycles. The molecule has 0 aliphatic heterocycles. The van der Waals surface area contributed by atoms with E-state index in [4.69, 9.17) is 9.47 Å². The molecule has 0 fully saturated rings. The lowest BCUT2D eigenvalue weighted by atomic mass is 10.1. The summed E-state index contributed by atoms with van der Waals surface area (Å²) in [4.78, 5) is 12.5. The first kappa shape index (κ1) is 27.0. The van der Waals surface area contributed by atoms with Gasteiger partial charge in [-0.15, -0.1) is 10.2 Å². The van der Waals surface area contributed by atoms with Gasteiger partial charge >= 0.3 is 5.97 Å². The second kappa shape index (κ2) is 11.7. The molecule has 0 amide bonds. The first-order valence-electron chi connectivity index (χ1n) is 12.5. The van der Waals surface area contributed by atoms with E-state index in [9.17, 15) is 14.3 Å². The van der Waals surface area contributed by atoms with Crippen LogP contribution in [0, 0.1) is 5.82 Å². The fourth-order valence-electron chi connectivity index (χ4n) is 4.50. The normalized spacial score (nSPS) is 11.7. The standard InChI is InChI=1S/C30H27FN4O4S/c1-4-35-28(20-13-22(38-2)16-23(14-20)39-3)32-33-30(35)40-27(29(36)37)15-21-18-34(26-12-8-6-10-24(21)26)17-19-9-5-7-11-25(19)31/h5-16,18H,4,17H2,1-3H3,(H,36,37)/b27-15-. The molecule has 5 aromatic rings. The third-order valence-electron chi connectivity index (χ3n) is 6.46. The van der Waals surface area contributed by atoms with E-state index in [1.54, 1.807) is 44.6 Å². The molecule has 0 spiro atoms. The second-order valence-corrected chi connectivity index (χ2v) is 9.90. The molecule has 1 N–H and O–H groups in total. The summed E-state index contributed by atoms with van der Waals surface area (Å²) in [5.41, 5.74) is 2.86. The average molecular weight is 559 g/mol. The van der Waals surface area contributed by atoms with Crippen LogP contribution in [0.25, 0.3) is 28.4 Å². The summed E-state index contributed by atoms with van der Waals surface area (Å²) in [6, 6.07) is 19.7. The SMILES string of the molecule is CCn1c(S/C(=C\c2cn(Cc3ccccc3F)c3ccccc23)C(=O)O)nnc1-c1cc(OC)cc(OC)c1. The number of fused-ring (bicyclic) bond motifs is 1. The summed E-state index contributed by atoms with van der Waals surface area (Å²) < 4.78 is 28.9. The molecule has 3 aromatic carbocycles. The van der Waals surface area contributed by atoms with Gasteiger partial charge in [-0.05, 0) is 49.0 Å². The second-order valence-electron chi connectivity index (χ2n) is 8.89. The zero-order valence-electron chi connectivity index (χ0n) is 22.2. The van der Waals surface area contributed by atoms with Crippen molar-refractivity contribution in [1.29, 1.82) is 0 Å². The van der Waals surface area contributed by atoms with Crippen LogP contribution in [0.4, 0.5) is 4.39 Å². The number of methoxy groups -OCH3 is 2. The number of halogens is 1. The molecule has 0 atom stereocenters. The average Bonchev–Trinajstić information content (AvgIpc) is 3.54. The van der Waals surface area contributed by atoms with E-state index in [0.29, 0.717) is 46.7 Å². The van der Waals surface area contributed by atoms with E-state index in [2.05, 4.69) is 10.2 Å². The van der Waals surface area contributed by atoms with E-state index < -0.39 is 5.97 Å². The summed E-state index contributed by atoms with van der Waals surface area (Å²) in [5.74, 6) is 0.390. The maximum Gasteiger partial charge on any atom is 0.342 e. The van der Waals surface area contributed by atoms with Crippen LogP contribution >= 0.6 is 11.8 Å². The van der Waals surface area contributed by atoms with Crippen LogP contribution in [0.1, 0.15) is 18.1 Å². The Morgan fingerprint density at radius 1 is 1.02 bits per heavy atom. The van der Waals surface area contributed by atoms with Crippen LogP contribution < -0.4 is 9.47 Å². The van der Waals surface area contributed by atoms with Gasteiger partial charge in [0.25, 0.3) is 0 Å². The first-order chi connectivity index (χ1) is 19.4. The molecule has 204 valence electrons. The monoisotopic (exact) mass is 558 g/mol. The van der Waals surface area contributed by atoms with Gasteiger partial charge in [-0.2, -0.15) is 0 Å². The Hall–Kier alpha value is -4.57. The topological polar surface area (TPSA) is 91.4 Å². The molecule has 10 heteroatoms. The molecule has 0 radical (unpaired) electrons. The van der Waals surface area contributed by atoms with Gasteiger partial charge in [0.05, 0.1) is 20.8 Å². The molecule has 8 nitrogen and oxygen atoms in total. The molecule has 40 heavy (non-hydrogen) atoms. The molecule has 0 saturated carbocycles. The molecular weight excluding hydrogens is 531 g/mol. The van der Waals surface area contributed by atoms with Gasteiger partial charge in [0.1, 0.15) is 22.2 Å². The van der Waals surface area contributed by atoms with Crippen LogP contribution in [-0.2, 0) is 17.9 Å². The number of carbonyl (C=O) groups is 1. The number of ether oxygens (including phenoxy) is 2. The van der Waals surface area contributed by atoms with E-state index in [0.717, 1.165) is 28.2 Å². The van der Waals surface area contributed by atoms with Crippen LogP contribution in [0.5, 0.6) is 11.5 Å². The fourth-order valence-corrected chi connectivity index (χ4v) is 5.38. The molecular formula is C30H27FN4O4S. The number of carboxylic acid groups (broad SMARTS) is 1. The smallest absolute Gasteiger partial charge is 0.342 e. The van der Waals surface area contributed by atoms with Crippen molar-refractivity contribution in [2.45, 2.75) is 25.2 Å². The Balaban J connectivity index is 1.53. The van der Waals surface area contributed by atoms with E-state index in [1.165, 1.54) is 6.07 Å². The van der Waals surface area contributed by atoms with E-state index in [1.807, 2.05) is 58.7 Å². The van der Waals surface area contributed by atoms with Crippen molar-refractivity contribution >= 4 is 34.7 Å². The van der Waals surface area contributed by atoms with Crippen molar-refractivity contribution in [3.05, 3.63) is 94.8 Å². The summed E-state index contributed by atoms with van der Waals surface area (Å²) in [5, 5.41) is 20.1. The van der Waals surface area contributed by atoms with Gasteiger partial charge < -0.3 is 23.7 Å². The summed E-state index contributed by atoms with van der Waals surface area (Å²) in [7, 11) is 3.14. The largest absolute Gasteiger partial charge is 0.497 e. The Morgan fingerprint density at radius 2 is 1.73 bits per heavy atom. The van der Waals surface area contributed by atoms with Gasteiger partial charge in [-0.1, -0.05) is 36.4 Å². The minimum Gasteiger partial charge on any atom is -0.497 e. The number of benzene rings is 3. The fraction of sp³-hybridized carbons (Fsp3) is 0.167. The van der Waals surface area contributed by atoms with Crippen LogP contribution in [-0.4, -0.2) is 44.6 Å². The van der Waals surface area contributed by atoms with Crippen molar-refractivity contribution in [3.63, 3.8) is 0 Å². The summed E-state index contributed by atoms with van der Waals surface area (Å²) in [6.45, 7) is 2.77. The van der Waals surface area contributed by atoms with Crippen molar-refractivity contribution in [2.24, 2.45) is 0 Å². The van der Waals surface area contributed by atoms with Crippen molar-refractivity contribution in [2.75, 3.05) is 14.2 Å². The van der Waals surface area contributed by atoms with E-state index in [-0.39, 0.29) is 10.7 Å². The number of aliphatic carboxylic acids is 1. The highest BCUT2D eigenvalue weighted by atomic mass is 32.2. The molecule has 0 bridgehead atoms. The lowest BCUT2D eigenvalue weighted by molar-refractivity contribution is -0.131.